The first-order chi connectivity index (χ1) is 19.7. The molecule has 3 aromatic heterocycles. The molecular formula is C30H30F3N7O. The lowest BCUT2D eigenvalue weighted by molar-refractivity contribution is 0.107. The lowest BCUT2D eigenvalue weighted by Gasteiger charge is -2.49. The molecule has 8 nitrogen and oxygen atoms in total. The molecule has 1 fully saturated rings. The number of piperazine rings is 1. The number of fused-ring (bicyclic) bond motifs is 1. The van der Waals surface area contributed by atoms with Crippen molar-refractivity contribution in [2.75, 3.05) is 18.0 Å². The van der Waals surface area contributed by atoms with Crippen molar-refractivity contribution in [3.8, 4) is 6.07 Å². The predicted octanol–water partition coefficient (Wildman–Crippen LogP) is 5.14. The van der Waals surface area contributed by atoms with Gasteiger partial charge < -0.3 is 4.90 Å². The smallest absolute Gasteiger partial charge is 0.349 e. The standard InChI is InChI=1S/C30H30F3N7O/c1-4-21-17-40(29-26-25(38(3)30(41)37-29)14-13-20(15-34)35-26)22(5-2)16-39(21)27(18-9-11-19(31)12-10-18)23-7-6-8-24(36-23)28(32)33/h6-14,21-22,27-28H,4-5,16-17H2,1-3H3/t21-,22-,27?/m0/s1. The van der Waals surface area contributed by atoms with Crippen LogP contribution in [0.4, 0.5) is 19.0 Å². The van der Waals surface area contributed by atoms with Crippen molar-refractivity contribution in [1.29, 1.82) is 5.26 Å². The average Bonchev–Trinajstić information content (AvgIpc) is 2.99. The van der Waals surface area contributed by atoms with Gasteiger partial charge in [-0.2, -0.15) is 10.2 Å². The second kappa shape index (κ2) is 11.7. The maximum atomic E-state index is 13.9. The third-order valence-electron chi connectivity index (χ3n) is 7.82. The van der Waals surface area contributed by atoms with Crippen LogP contribution in [0.2, 0.25) is 0 Å². The molecular weight excluding hydrogens is 531 g/mol. The SMILES string of the molecule is CC[C@H]1CN(C(c2ccc(F)cc2)c2cccc(C(F)F)n2)[C@@H](CC)CN1c1nc(=O)n(C)c2ccc(C#N)nc12. The molecule has 5 rings (SSSR count). The highest BCUT2D eigenvalue weighted by Crippen LogP contribution is 2.37. The van der Waals surface area contributed by atoms with Gasteiger partial charge in [0.15, 0.2) is 5.82 Å². The Morgan fingerprint density at radius 1 is 0.951 bits per heavy atom. The monoisotopic (exact) mass is 561 g/mol. The number of rotatable bonds is 7. The van der Waals surface area contributed by atoms with Crippen molar-refractivity contribution < 1.29 is 13.2 Å². The van der Waals surface area contributed by atoms with Crippen molar-refractivity contribution in [2.45, 2.75) is 51.2 Å². The van der Waals surface area contributed by atoms with Gasteiger partial charge in [0.05, 0.1) is 17.3 Å². The van der Waals surface area contributed by atoms with Crippen molar-refractivity contribution >= 4 is 16.9 Å². The molecule has 1 saturated heterocycles. The molecule has 41 heavy (non-hydrogen) atoms. The van der Waals surface area contributed by atoms with Crippen LogP contribution < -0.4 is 10.6 Å². The van der Waals surface area contributed by atoms with Gasteiger partial charge in [0.2, 0.25) is 0 Å². The van der Waals surface area contributed by atoms with Crippen LogP contribution in [0.25, 0.3) is 11.0 Å². The van der Waals surface area contributed by atoms with E-state index in [1.165, 1.54) is 22.8 Å². The van der Waals surface area contributed by atoms with E-state index >= 15 is 0 Å². The van der Waals surface area contributed by atoms with Gasteiger partial charge in [-0.1, -0.05) is 32.0 Å². The minimum Gasteiger partial charge on any atom is -0.349 e. The molecule has 0 radical (unpaired) electrons. The van der Waals surface area contributed by atoms with Crippen molar-refractivity contribution in [1.82, 2.24) is 24.4 Å². The summed E-state index contributed by atoms with van der Waals surface area (Å²) in [7, 11) is 1.62. The van der Waals surface area contributed by atoms with Gasteiger partial charge in [0, 0.05) is 32.2 Å². The second-order valence-corrected chi connectivity index (χ2v) is 10.2. The fourth-order valence-corrected chi connectivity index (χ4v) is 5.65. The highest BCUT2D eigenvalue weighted by atomic mass is 19.3. The average molecular weight is 562 g/mol. The Balaban J connectivity index is 1.62. The summed E-state index contributed by atoms with van der Waals surface area (Å²) in [6.45, 7) is 5.03. The van der Waals surface area contributed by atoms with E-state index in [0.717, 1.165) is 5.56 Å². The third-order valence-corrected chi connectivity index (χ3v) is 7.82. The fourth-order valence-electron chi connectivity index (χ4n) is 5.65. The molecule has 4 aromatic rings. The first-order valence-electron chi connectivity index (χ1n) is 13.6. The van der Waals surface area contributed by atoms with Crippen LogP contribution >= 0.6 is 0 Å². The molecule has 0 aliphatic carbocycles. The van der Waals surface area contributed by atoms with E-state index in [1.54, 1.807) is 43.4 Å². The van der Waals surface area contributed by atoms with Gasteiger partial charge in [0.25, 0.3) is 6.43 Å². The van der Waals surface area contributed by atoms with Crippen LogP contribution in [0.15, 0.2) is 59.4 Å². The summed E-state index contributed by atoms with van der Waals surface area (Å²) in [5.74, 6) is 0.0271. The van der Waals surface area contributed by atoms with Gasteiger partial charge in [-0.3, -0.25) is 9.47 Å². The van der Waals surface area contributed by atoms with Gasteiger partial charge >= 0.3 is 5.69 Å². The van der Waals surface area contributed by atoms with Crippen LogP contribution in [-0.2, 0) is 7.05 Å². The Kier molecular flexibility index (Phi) is 8.03. The van der Waals surface area contributed by atoms with E-state index in [2.05, 4.69) is 30.8 Å². The Morgan fingerprint density at radius 3 is 2.32 bits per heavy atom. The summed E-state index contributed by atoms with van der Waals surface area (Å²) in [5.41, 5.74) is 1.71. The second-order valence-electron chi connectivity index (χ2n) is 10.2. The summed E-state index contributed by atoms with van der Waals surface area (Å²) >= 11 is 0. The summed E-state index contributed by atoms with van der Waals surface area (Å²) in [6, 6.07) is 15.3. The first-order valence-corrected chi connectivity index (χ1v) is 13.6. The number of aryl methyl sites for hydroxylation is 1. The molecule has 3 atom stereocenters. The number of nitrogens with zero attached hydrogens (tertiary/aromatic N) is 7. The van der Waals surface area contributed by atoms with Crippen LogP contribution in [0, 0.1) is 17.1 Å². The summed E-state index contributed by atoms with van der Waals surface area (Å²) in [6.07, 6.45) is -1.35. The molecule has 0 bridgehead atoms. The van der Waals surface area contributed by atoms with Crippen molar-refractivity contribution in [2.24, 2.45) is 7.05 Å². The molecule has 0 saturated carbocycles. The minimum absolute atomic E-state index is 0.107. The number of anilines is 1. The maximum absolute atomic E-state index is 13.9. The number of nitriles is 1. The van der Waals surface area contributed by atoms with Gasteiger partial charge in [-0.05, 0) is 54.8 Å². The molecule has 4 heterocycles. The Hall–Kier alpha value is -4.30. The number of aromatic nitrogens is 4. The Labute approximate surface area is 235 Å². The van der Waals surface area contributed by atoms with E-state index in [9.17, 15) is 23.2 Å². The maximum Gasteiger partial charge on any atom is 0.349 e. The molecule has 0 N–H and O–H groups in total. The topological polar surface area (TPSA) is 90.9 Å². The predicted molar refractivity (Wildman–Crippen MR) is 149 cm³/mol. The molecule has 11 heteroatoms. The summed E-state index contributed by atoms with van der Waals surface area (Å²) in [5, 5.41) is 9.49. The number of halogens is 3. The lowest BCUT2D eigenvalue weighted by atomic mass is 9.94. The van der Waals surface area contributed by atoms with Crippen LogP contribution in [0.3, 0.4) is 0 Å². The highest BCUT2D eigenvalue weighted by Gasteiger charge is 2.39. The molecule has 0 spiro atoms. The van der Waals surface area contributed by atoms with E-state index in [0.29, 0.717) is 48.5 Å². The van der Waals surface area contributed by atoms with E-state index in [1.807, 2.05) is 13.8 Å². The van der Waals surface area contributed by atoms with E-state index in [4.69, 9.17) is 0 Å². The number of hydrogen-bond donors (Lipinski definition) is 0. The van der Waals surface area contributed by atoms with E-state index in [-0.39, 0.29) is 23.5 Å². The van der Waals surface area contributed by atoms with Crippen LogP contribution in [0.5, 0.6) is 0 Å². The molecule has 1 unspecified atom stereocenters. The number of pyridine rings is 2. The quantitative estimate of drug-likeness (QED) is 0.309. The Morgan fingerprint density at radius 2 is 1.66 bits per heavy atom. The molecule has 1 aliphatic rings. The number of hydrogen-bond acceptors (Lipinski definition) is 7. The van der Waals surface area contributed by atoms with Crippen LogP contribution in [-0.4, -0.2) is 49.6 Å². The number of benzene rings is 1. The normalized spacial score (nSPS) is 18.5. The van der Waals surface area contributed by atoms with Gasteiger partial charge in [-0.25, -0.2) is 27.9 Å². The number of alkyl halides is 2. The zero-order valence-electron chi connectivity index (χ0n) is 23.0. The minimum atomic E-state index is -2.73. The fraction of sp³-hybridized carbons (Fsp3) is 0.367. The summed E-state index contributed by atoms with van der Waals surface area (Å²) in [4.78, 5) is 30.4. The zero-order chi connectivity index (χ0) is 29.3. The Bertz CT molecular complexity index is 1650. The molecule has 1 aliphatic heterocycles. The van der Waals surface area contributed by atoms with Gasteiger partial charge in [0.1, 0.15) is 28.8 Å². The zero-order valence-corrected chi connectivity index (χ0v) is 23.0. The third kappa shape index (κ3) is 5.39. The summed E-state index contributed by atoms with van der Waals surface area (Å²) < 4.78 is 42.6. The molecule has 1 aromatic carbocycles. The molecule has 0 amide bonds. The highest BCUT2D eigenvalue weighted by molar-refractivity contribution is 5.86. The first kappa shape index (κ1) is 28.2. The van der Waals surface area contributed by atoms with Gasteiger partial charge in [-0.15, -0.1) is 0 Å². The molecule has 212 valence electrons. The van der Waals surface area contributed by atoms with E-state index < -0.39 is 24.0 Å². The lowest BCUT2D eigenvalue weighted by Crippen LogP contribution is -2.59. The van der Waals surface area contributed by atoms with Crippen LogP contribution in [0.1, 0.15) is 61.8 Å². The largest absolute Gasteiger partial charge is 0.349 e. The van der Waals surface area contributed by atoms with Crippen molar-refractivity contribution in [3.63, 3.8) is 0 Å². The van der Waals surface area contributed by atoms with Crippen molar-refractivity contribution in [3.05, 3.63) is 93.5 Å².